The maximum Gasteiger partial charge on any atom is 0.251 e. The van der Waals surface area contributed by atoms with Crippen LogP contribution in [0.1, 0.15) is 35.2 Å². The largest absolute Gasteiger partial charge is 0.493 e. The number of carbonyl (C=O) groups excluding carboxylic acids is 2. The van der Waals surface area contributed by atoms with Crippen LogP contribution in [0.5, 0.6) is 17.2 Å². The number of methoxy groups -OCH3 is 1. The highest BCUT2D eigenvalue weighted by Crippen LogP contribution is 2.33. The van der Waals surface area contributed by atoms with Crippen molar-refractivity contribution in [2.45, 2.75) is 25.8 Å². The number of aromatic nitrogens is 1. The molecule has 2 amide bonds. The van der Waals surface area contributed by atoms with E-state index in [2.05, 4.69) is 15.5 Å². The predicted octanol–water partition coefficient (Wildman–Crippen LogP) is 5.27. The summed E-state index contributed by atoms with van der Waals surface area (Å²) in [7, 11) is 1.48. The van der Waals surface area contributed by atoms with Crippen LogP contribution in [0.4, 0.5) is 9.52 Å². The quantitative estimate of drug-likeness (QED) is 0.355. The molecule has 202 valence electrons. The van der Waals surface area contributed by atoms with Crippen LogP contribution in [0.2, 0.25) is 0 Å². The zero-order valence-corrected chi connectivity index (χ0v) is 22.4. The Morgan fingerprint density at radius 3 is 2.72 bits per heavy atom. The third-order valence-electron chi connectivity index (χ3n) is 6.35. The third kappa shape index (κ3) is 6.64. The Bertz CT molecular complexity index is 1460. The zero-order chi connectivity index (χ0) is 27.2. The lowest BCUT2D eigenvalue weighted by Gasteiger charge is -2.22. The minimum absolute atomic E-state index is 0.120. The van der Waals surface area contributed by atoms with E-state index in [1.807, 2.05) is 24.3 Å². The Morgan fingerprint density at radius 1 is 1.03 bits per heavy atom. The average molecular weight is 549 g/mol. The molecule has 0 spiro atoms. The minimum Gasteiger partial charge on any atom is -0.493 e. The summed E-state index contributed by atoms with van der Waals surface area (Å²) >= 11 is 1.61. The molecule has 3 heterocycles. The van der Waals surface area contributed by atoms with Gasteiger partial charge in [-0.2, -0.15) is 0 Å². The van der Waals surface area contributed by atoms with Crippen LogP contribution in [0.3, 0.4) is 0 Å². The van der Waals surface area contributed by atoms with Gasteiger partial charge in [0.1, 0.15) is 11.6 Å². The molecule has 0 saturated carbocycles. The van der Waals surface area contributed by atoms with Gasteiger partial charge < -0.3 is 25.0 Å². The number of carbonyl (C=O) groups is 2. The molecular formula is C29H29FN4O4S. The molecule has 8 nitrogen and oxygen atoms in total. The van der Waals surface area contributed by atoms with Crippen molar-refractivity contribution in [3.63, 3.8) is 0 Å². The van der Waals surface area contributed by atoms with Crippen molar-refractivity contribution in [2.24, 2.45) is 0 Å². The number of halogens is 1. The van der Waals surface area contributed by atoms with Crippen molar-refractivity contribution in [1.29, 1.82) is 0 Å². The number of fused-ring (bicyclic) bond motifs is 14. The second-order valence-electron chi connectivity index (χ2n) is 9.20. The lowest BCUT2D eigenvalue weighted by Crippen LogP contribution is -2.31. The first kappa shape index (κ1) is 26.4. The second-order valence-corrected chi connectivity index (χ2v) is 10.2. The first-order valence-corrected chi connectivity index (χ1v) is 13.6. The first-order valence-electron chi connectivity index (χ1n) is 12.8. The molecule has 6 rings (SSSR count). The number of nitrogens with one attached hydrogen (secondary N) is 2. The van der Waals surface area contributed by atoms with Crippen LogP contribution in [-0.2, 0) is 11.3 Å². The number of benzene rings is 3. The second kappa shape index (κ2) is 12.1. The van der Waals surface area contributed by atoms with Gasteiger partial charge in [-0.05, 0) is 60.9 Å². The van der Waals surface area contributed by atoms with Crippen LogP contribution in [0, 0.1) is 5.82 Å². The molecule has 4 aromatic rings. The fourth-order valence-corrected chi connectivity index (χ4v) is 5.41. The summed E-state index contributed by atoms with van der Waals surface area (Å²) in [4.78, 5) is 32.4. The van der Waals surface area contributed by atoms with Crippen LogP contribution in [-0.4, -0.2) is 43.5 Å². The molecule has 0 fully saturated rings. The van der Waals surface area contributed by atoms with Gasteiger partial charge in [0.05, 0.1) is 17.3 Å². The number of nitrogens with zero attached hydrogens (tertiary/aromatic N) is 2. The highest BCUT2D eigenvalue weighted by molar-refractivity contribution is 7.22. The van der Waals surface area contributed by atoms with Crippen molar-refractivity contribution in [3.8, 4) is 17.2 Å². The molecule has 39 heavy (non-hydrogen) atoms. The van der Waals surface area contributed by atoms with Crippen molar-refractivity contribution in [1.82, 2.24) is 15.6 Å². The molecule has 2 aliphatic rings. The molecule has 10 heteroatoms. The van der Waals surface area contributed by atoms with Crippen LogP contribution in [0.25, 0.3) is 10.2 Å². The van der Waals surface area contributed by atoms with Crippen molar-refractivity contribution >= 4 is 38.5 Å². The van der Waals surface area contributed by atoms with E-state index < -0.39 is 5.82 Å². The van der Waals surface area contributed by atoms with Crippen molar-refractivity contribution in [2.75, 3.05) is 31.6 Å². The van der Waals surface area contributed by atoms with Crippen LogP contribution < -0.4 is 25.0 Å². The molecule has 1 aromatic heterocycles. The van der Waals surface area contributed by atoms with Gasteiger partial charge in [-0.25, -0.2) is 9.37 Å². The smallest absolute Gasteiger partial charge is 0.251 e. The molecule has 0 unspecified atom stereocenters. The van der Waals surface area contributed by atoms with E-state index >= 15 is 0 Å². The average Bonchev–Trinajstić information content (AvgIpc) is 3.37. The number of amides is 2. The van der Waals surface area contributed by atoms with Gasteiger partial charge in [-0.1, -0.05) is 23.5 Å². The molecule has 0 radical (unpaired) electrons. The molecule has 0 saturated heterocycles. The van der Waals surface area contributed by atoms with E-state index in [0.717, 1.165) is 15.3 Å². The Kier molecular flexibility index (Phi) is 8.21. The SMILES string of the molecule is COc1cc2ccc1Oc1cc(F)cc(c1)CNC(=O)CCCN(c1nc3ccccc3s1)CCCNC2=O. The summed E-state index contributed by atoms with van der Waals surface area (Å²) in [5.74, 6) is 0.111. The summed E-state index contributed by atoms with van der Waals surface area (Å²) < 4.78 is 26.7. The van der Waals surface area contributed by atoms with Gasteiger partial charge in [0.2, 0.25) is 5.91 Å². The summed E-state index contributed by atoms with van der Waals surface area (Å²) in [6, 6.07) is 17.1. The highest BCUT2D eigenvalue weighted by atomic mass is 32.1. The molecule has 0 atom stereocenters. The van der Waals surface area contributed by atoms with Crippen molar-refractivity contribution in [3.05, 3.63) is 77.6 Å². The third-order valence-corrected chi connectivity index (χ3v) is 7.45. The van der Waals surface area contributed by atoms with E-state index in [1.54, 1.807) is 35.6 Å². The van der Waals surface area contributed by atoms with E-state index in [1.165, 1.54) is 19.2 Å². The van der Waals surface area contributed by atoms with Gasteiger partial charge >= 0.3 is 0 Å². The number of thiazole rings is 1. The molecular weight excluding hydrogens is 519 g/mol. The van der Waals surface area contributed by atoms with Crippen LogP contribution in [0.15, 0.2) is 60.7 Å². The first-order chi connectivity index (χ1) is 19.0. The Labute approximate surface area is 229 Å². The van der Waals surface area contributed by atoms with Gasteiger partial charge in [0, 0.05) is 44.2 Å². The van der Waals surface area contributed by atoms with E-state index in [0.29, 0.717) is 61.5 Å². The van der Waals surface area contributed by atoms with Gasteiger partial charge in [0.15, 0.2) is 16.6 Å². The van der Waals surface area contributed by atoms with E-state index in [4.69, 9.17) is 14.5 Å². The van der Waals surface area contributed by atoms with E-state index in [9.17, 15) is 14.0 Å². The zero-order valence-electron chi connectivity index (χ0n) is 21.5. The summed E-state index contributed by atoms with van der Waals surface area (Å²) in [5, 5.41) is 6.72. The molecule has 0 aliphatic carbocycles. The van der Waals surface area contributed by atoms with Crippen LogP contribution >= 0.6 is 11.3 Å². The number of rotatable bonds is 2. The fraction of sp³-hybridized carbons (Fsp3) is 0.276. The normalized spacial score (nSPS) is 15.4. The van der Waals surface area contributed by atoms with E-state index in [-0.39, 0.29) is 24.1 Å². The van der Waals surface area contributed by atoms with Crippen molar-refractivity contribution < 1.29 is 23.5 Å². The Hall–Kier alpha value is -4.18. The minimum atomic E-state index is -0.486. The lowest BCUT2D eigenvalue weighted by atomic mass is 10.1. The number of hydrogen-bond acceptors (Lipinski definition) is 7. The molecule has 2 N–H and O–H groups in total. The summed E-state index contributed by atoms with van der Waals surface area (Å²) in [5.41, 5.74) is 1.93. The summed E-state index contributed by atoms with van der Waals surface area (Å²) in [6.07, 6.45) is 1.64. The Balaban J connectivity index is 1.38. The van der Waals surface area contributed by atoms with Gasteiger partial charge in [0.25, 0.3) is 5.91 Å². The summed E-state index contributed by atoms with van der Waals surface area (Å²) in [6.45, 7) is 1.94. The number of para-hydroxylation sites is 1. The van der Waals surface area contributed by atoms with Gasteiger partial charge in [-0.15, -0.1) is 0 Å². The monoisotopic (exact) mass is 548 g/mol. The maximum absolute atomic E-state index is 14.3. The number of anilines is 1. The highest BCUT2D eigenvalue weighted by Gasteiger charge is 2.16. The molecule has 4 bridgehead atoms. The fourth-order valence-electron chi connectivity index (χ4n) is 4.39. The standard InChI is InChI=1S/C29H29FN4O4S/c1-37-25-16-20-9-10-24(25)38-22-15-19(14-21(30)17-22)18-32-27(35)8-4-12-34(13-5-11-31-28(20)36)29-33-23-6-2-3-7-26(23)39-29/h2-3,6-7,9-10,14-17H,4-5,8,11-13,18H2,1H3,(H,31,36)(H,32,35). The number of ether oxygens (including phenoxy) is 2. The maximum atomic E-state index is 14.3. The van der Waals surface area contributed by atoms with Gasteiger partial charge in [-0.3, -0.25) is 9.59 Å². The molecule has 3 aromatic carbocycles. The predicted molar refractivity (Wildman–Crippen MR) is 149 cm³/mol. The molecule has 2 aliphatic heterocycles. The number of hydrogen-bond donors (Lipinski definition) is 2. The Morgan fingerprint density at radius 2 is 1.87 bits per heavy atom. The topological polar surface area (TPSA) is 92.8 Å². The lowest BCUT2D eigenvalue weighted by molar-refractivity contribution is -0.121.